The zero-order chi connectivity index (χ0) is 26.1. The molecule has 2 fully saturated rings. The second-order valence-electron chi connectivity index (χ2n) is 8.89. The average molecular weight is 512 g/mol. The number of hydrogen-bond acceptors (Lipinski definition) is 8. The van der Waals surface area contributed by atoms with Gasteiger partial charge in [0, 0.05) is 42.1 Å². The summed E-state index contributed by atoms with van der Waals surface area (Å²) >= 11 is 0. The predicted molar refractivity (Wildman–Crippen MR) is 131 cm³/mol. The number of carbonyl (C=O) groups is 3. The number of anilines is 2. The van der Waals surface area contributed by atoms with Crippen molar-refractivity contribution in [1.82, 2.24) is 4.90 Å². The molecule has 2 aromatic carbocycles. The fourth-order valence-electron chi connectivity index (χ4n) is 4.55. The van der Waals surface area contributed by atoms with E-state index in [1.54, 1.807) is 23.1 Å². The molecule has 37 heavy (non-hydrogen) atoms. The summed E-state index contributed by atoms with van der Waals surface area (Å²) in [7, 11) is 0. The van der Waals surface area contributed by atoms with Gasteiger partial charge >= 0.3 is 0 Å². The molecular formula is C25H26FN5O6. The van der Waals surface area contributed by atoms with Crippen molar-refractivity contribution in [3.63, 3.8) is 0 Å². The van der Waals surface area contributed by atoms with Crippen LogP contribution in [-0.2, 0) is 25.6 Å². The third-order valence-corrected chi connectivity index (χ3v) is 6.49. The van der Waals surface area contributed by atoms with E-state index in [1.165, 1.54) is 11.0 Å². The van der Waals surface area contributed by atoms with Crippen LogP contribution in [0, 0.1) is 5.82 Å². The minimum absolute atomic E-state index is 0.000531. The van der Waals surface area contributed by atoms with Gasteiger partial charge in [0.25, 0.3) is 17.7 Å². The van der Waals surface area contributed by atoms with Crippen LogP contribution < -0.4 is 16.0 Å². The van der Waals surface area contributed by atoms with E-state index in [1.807, 2.05) is 0 Å². The second kappa shape index (κ2) is 10.2. The number of amides is 3. The maximum absolute atomic E-state index is 14.5. The van der Waals surface area contributed by atoms with Gasteiger partial charge in [0.1, 0.15) is 11.7 Å². The lowest BCUT2D eigenvalue weighted by molar-refractivity contribution is -0.150. The van der Waals surface area contributed by atoms with E-state index in [9.17, 15) is 23.9 Å². The normalized spacial score (nSPS) is 20.3. The lowest BCUT2D eigenvalue weighted by atomic mass is 10.1. The van der Waals surface area contributed by atoms with Crippen molar-refractivity contribution >= 4 is 34.9 Å². The molecule has 0 bridgehead atoms. The van der Waals surface area contributed by atoms with E-state index in [0.717, 1.165) is 23.3 Å². The number of aliphatic hydroxyl groups excluding tert-OH is 1. The molecule has 5 rings (SSSR count). The number of benzene rings is 2. The van der Waals surface area contributed by atoms with E-state index >= 15 is 0 Å². The monoisotopic (exact) mass is 511 g/mol. The number of morpholine rings is 2. The Bertz CT molecular complexity index is 1280. The molecule has 3 heterocycles. The Kier molecular flexibility index (Phi) is 6.87. The van der Waals surface area contributed by atoms with Crippen LogP contribution in [0.4, 0.5) is 15.8 Å². The molecule has 2 atom stereocenters. The standard InChI is InChI=1S/C25H26FN5O6/c26-16-9-14(24(34)30-3-6-36-7-4-30)11-18(12-16)31-5-8-37-21(25(31)35)20(32)23(33)29-17-1-2-19-15(10-17)13-28-22(19)27/h1-2,9-12,20-21,32H,3-8,13H2,(H2,27,28)(H,29,33)/t20-,21-/m1/s1. The number of aliphatic hydroxyl groups is 1. The predicted octanol–water partition coefficient (Wildman–Crippen LogP) is 0.248. The maximum Gasteiger partial charge on any atom is 0.259 e. The van der Waals surface area contributed by atoms with Crippen molar-refractivity contribution in [2.45, 2.75) is 18.8 Å². The highest BCUT2D eigenvalue weighted by Gasteiger charge is 2.40. The molecule has 3 aliphatic heterocycles. The van der Waals surface area contributed by atoms with Crippen LogP contribution in [0.3, 0.4) is 0 Å². The molecule has 0 spiro atoms. The van der Waals surface area contributed by atoms with E-state index in [0.29, 0.717) is 44.4 Å². The van der Waals surface area contributed by atoms with Gasteiger partial charge in [-0.05, 0) is 42.0 Å². The summed E-state index contributed by atoms with van der Waals surface area (Å²) in [6, 6.07) is 8.69. The van der Waals surface area contributed by atoms with Gasteiger partial charge in [-0.2, -0.15) is 0 Å². The largest absolute Gasteiger partial charge is 0.383 e. The van der Waals surface area contributed by atoms with Gasteiger partial charge in [0.15, 0.2) is 12.2 Å². The molecule has 0 unspecified atom stereocenters. The Morgan fingerprint density at radius 2 is 1.92 bits per heavy atom. The van der Waals surface area contributed by atoms with Crippen molar-refractivity contribution < 1.29 is 33.4 Å². The molecule has 3 aliphatic rings. The van der Waals surface area contributed by atoms with Gasteiger partial charge in [-0.25, -0.2) is 4.39 Å². The molecule has 4 N–H and O–H groups in total. The van der Waals surface area contributed by atoms with Gasteiger partial charge in [-0.15, -0.1) is 0 Å². The van der Waals surface area contributed by atoms with E-state index in [4.69, 9.17) is 15.2 Å². The lowest BCUT2D eigenvalue weighted by Gasteiger charge is -2.34. The van der Waals surface area contributed by atoms with E-state index in [2.05, 4.69) is 10.3 Å². The van der Waals surface area contributed by atoms with Gasteiger partial charge in [0.05, 0.1) is 26.4 Å². The number of fused-ring (bicyclic) bond motifs is 1. The SMILES string of the molecule is NC1=NCc2cc(NC(=O)[C@H](O)[C@H]3OCCN(c4cc(F)cc(C(=O)N5CCOCC5)c4)C3=O)ccc21. The second-order valence-corrected chi connectivity index (χ2v) is 8.89. The van der Waals surface area contributed by atoms with Crippen molar-refractivity contribution in [3.8, 4) is 0 Å². The van der Waals surface area contributed by atoms with Crippen LogP contribution in [0.15, 0.2) is 41.4 Å². The molecule has 3 amide bonds. The molecule has 2 saturated heterocycles. The fourth-order valence-corrected chi connectivity index (χ4v) is 4.55. The zero-order valence-corrected chi connectivity index (χ0v) is 19.9. The molecule has 11 nitrogen and oxygen atoms in total. The summed E-state index contributed by atoms with van der Waals surface area (Å²) in [5, 5.41) is 13.2. The van der Waals surface area contributed by atoms with Crippen molar-refractivity contribution in [3.05, 3.63) is 58.9 Å². The smallest absolute Gasteiger partial charge is 0.259 e. The maximum atomic E-state index is 14.5. The summed E-state index contributed by atoms with van der Waals surface area (Å²) in [5.74, 6) is -2.21. The number of nitrogens with zero attached hydrogens (tertiary/aromatic N) is 3. The molecule has 12 heteroatoms. The Morgan fingerprint density at radius 1 is 1.14 bits per heavy atom. The Morgan fingerprint density at radius 3 is 2.70 bits per heavy atom. The third kappa shape index (κ3) is 5.03. The number of amidine groups is 1. The molecule has 0 aliphatic carbocycles. The molecule has 0 radical (unpaired) electrons. The highest BCUT2D eigenvalue weighted by molar-refractivity contribution is 6.05. The fraction of sp³-hybridized carbons (Fsp3) is 0.360. The van der Waals surface area contributed by atoms with Crippen LogP contribution in [0.1, 0.15) is 21.5 Å². The number of nitrogens with two attached hydrogens (primary N) is 1. The molecule has 194 valence electrons. The molecule has 0 saturated carbocycles. The van der Waals surface area contributed by atoms with Crippen LogP contribution in [-0.4, -0.2) is 85.2 Å². The lowest BCUT2D eigenvalue weighted by Crippen LogP contribution is -2.55. The van der Waals surface area contributed by atoms with Gasteiger partial charge in [-0.3, -0.25) is 19.4 Å². The first-order valence-electron chi connectivity index (χ1n) is 11.8. The van der Waals surface area contributed by atoms with Gasteiger partial charge < -0.3 is 35.4 Å². The summed E-state index contributed by atoms with van der Waals surface area (Å²) in [6.45, 7) is 2.00. The van der Waals surface area contributed by atoms with Crippen LogP contribution >= 0.6 is 0 Å². The number of carbonyl (C=O) groups excluding carboxylic acids is 3. The van der Waals surface area contributed by atoms with Crippen LogP contribution in [0.5, 0.6) is 0 Å². The highest BCUT2D eigenvalue weighted by Crippen LogP contribution is 2.25. The topological polar surface area (TPSA) is 147 Å². The van der Waals surface area contributed by atoms with Crippen molar-refractivity contribution in [2.24, 2.45) is 10.7 Å². The molecule has 0 aromatic heterocycles. The zero-order valence-electron chi connectivity index (χ0n) is 19.9. The number of nitrogens with one attached hydrogen (secondary N) is 1. The van der Waals surface area contributed by atoms with E-state index < -0.39 is 29.8 Å². The first-order chi connectivity index (χ1) is 17.8. The van der Waals surface area contributed by atoms with Gasteiger partial charge in [-0.1, -0.05) is 0 Å². The summed E-state index contributed by atoms with van der Waals surface area (Å²) in [5.41, 5.74) is 8.05. The van der Waals surface area contributed by atoms with Crippen molar-refractivity contribution in [1.29, 1.82) is 0 Å². The van der Waals surface area contributed by atoms with Crippen molar-refractivity contribution in [2.75, 3.05) is 49.7 Å². The number of aliphatic imine (C=N–C) groups is 1. The first-order valence-corrected chi connectivity index (χ1v) is 11.8. The highest BCUT2D eigenvalue weighted by atomic mass is 19.1. The van der Waals surface area contributed by atoms with Crippen LogP contribution in [0.25, 0.3) is 0 Å². The van der Waals surface area contributed by atoms with E-state index in [-0.39, 0.29) is 30.3 Å². The summed E-state index contributed by atoms with van der Waals surface area (Å²) < 4.78 is 25.2. The number of ether oxygens (including phenoxy) is 2. The summed E-state index contributed by atoms with van der Waals surface area (Å²) in [6.07, 6.45) is -3.34. The Balaban J connectivity index is 1.30. The van der Waals surface area contributed by atoms with Crippen LogP contribution in [0.2, 0.25) is 0 Å². The third-order valence-electron chi connectivity index (χ3n) is 6.49. The quantitative estimate of drug-likeness (QED) is 0.521. The first kappa shape index (κ1) is 24.8. The minimum atomic E-state index is -1.83. The minimum Gasteiger partial charge on any atom is -0.383 e. The molecular weight excluding hydrogens is 485 g/mol. The number of hydrogen-bond donors (Lipinski definition) is 3. The average Bonchev–Trinajstić information content (AvgIpc) is 3.27. The number of halogens is 1. The number of rotatable bonds is 5. The molecule has 2 aromatic rings. The van der Waals surface area contributed by atoms with Gasteiger partial charge in [0.2, 0.25) is 0 Å². The summed E-state index contributed by atoms with van der Waals surface area (Å²) in [4.78, 5) is 45.7. The Hall–Kier alpha value is -3.87. The Labute approximate surface area is 211 Å².